The average molecular weight is 569 g/mol. The Hall–Kier alpha value is -4.21. The lowest BCUT2D eigenvalue weighted by molar-refractivity contribution is 0.522. The van der Waals surface area contributed by atoms with Gasteiger partial charge in [-0.2, -0.15) is 0 Å². The molecule has 0 bridgehead atoms. The van der Waals surface area contributed by atoms with Crippen molar-refractivity contribution in [3.05, 3.63) is 105 Å². The van der Waals surface area contributed by atoms with Gasteiger partial charge < -0.3 is 10.3 Å². The van der Waals surface area contributed by atoms with Crippen LogP contribution in [0.15, 0.2) is 71.9 Å². The SMILES string of the molecule is C=C1CCc2cc(-c3ncc(C4C5CC5c5nc(-c6cc(Cl)ccc6-n6cc(Cl)nn6)cc(=O)n54)[nH]3)ccc2N1. The summed E-state index contributed by atoms with van der Waals surface area (Å²) in [5.74, 6) is 2.10. The molecule has 1 aliphatic carbocycles. The van der Waals surface area contributed by atoms with Crippen molar-refractivity contribution in [3.8, 4) is 28.3 Å². The quantitative estimate of drug-likeness (QED) is 0.285. The molecule has 5 heterocycles. The molecule has 3 atom stereocenters. The second-order valence-corrected chi connectivity index (χ2v) is 11.4. The smallest absolute Gasteiger partial charge is 0.254 e. The van der Waals surface area contributed by atoms with Crippen LogP contribution in [0.5, 0.6) is 0 Å². The average Bonchev–Trinajstić information content (AvgIpc) is 3.23. The maximum Gasteiger partial charge on any atom is 0.254 e. The summed E-state index contributed by atoms with van der Waals surface area (Å²) in [6, 6.07) is 13.1. The summed E-state index contributed by atoms with van der Waals surface area (Å²) < 4.78 is 3.38. The van der Waals surface area contributed by atoms with Crippen molar-refractivity contribution in [3.63, 3.8) is 0 Å². The van der Waals surface area contributed by atoms with Gasteiger partial charge >= 0.3 is 0 Å². The zero-order chi connectivity index (χ0) is 27.1. The van der Waals surface area contributed by atoms with Gasteiger partial charge in [0.1, 0.15) is 11.6 Å². The number of aromatic nitrogens is 7. The van der Waals surface area contributed by atoms with E-state index >= 15 is 0 Å². The van der Waals surface area contributed by atoms with Gasteiger partial charge in [0.2, 0.25) is 0 Å². The molecule has 3 unspecified atom stereocenters. The van der Waals surface area contributed by atoms with Crippen LogP contribution in [-0.4, -0.2) is 34.5 Å². The summed E-state index contributed by atoms with van der Waals surface area (Å²) in [7, 11) is 0. The second kappa shape index (κ2) is 8.64. The first-order valence-electron chi connectivity index (χ1n) is 13.1. The van der Waals surface area contributed by atoms with Crippen LogP contribution in [0.1, 0.15) is 41.9 Å². The van der Waals surface area contributed by atoms with Gasteiger partial charge in [-0.3, -0.25) is 9.36 Å². The number of aryl methyl sites for hydroxylation is 1. The minimum Gasteiger partial charge on any atom is -0.359 e. The molecule has 2 aliphatic heterocycles. The largest absolute Gasteiger partial charge is 0.359 e. The molecule has 198 valence electrons. The first-order chi connectivity index (χ1) is 19.4. The van der Waals surface area contributed by atoms with Crippen LogP contribution in [0, 0.1) is 5.92 Å². The monoisotopic (exact) mass is 568 g/mol. The Bertz CT molecular complexity index is 1920. The Kier molecular flexibility index (Phi) is 5.11. The van der Waals surface area contributed by atoms with Crippen LogP contribution in [0.4, 0.5) is 5.69 Å². The molecule has 0 amide bonds. The molecule has 0 spiro atoms. The lowest BCUT2D eigenvalue weighted by Gasteiger charge is -2.20. The van der Waals surface area contributed by atoms with E-state index in [-0.39, 0.29) is 22.7 Å². The number of allylic oxidation sites excluding steroid dienone is 1. The predicted octanol–water partition coefficient (Wildman–Crippen LogP) is 5.77. The van der Waals surface area contributed by atoms with Crippen molar-refractivity contribution >= 4 is 28.9 Å². The molecule has 3 aromatic heterocycles. The third-order valence-corrected chi connectivity index (χ3v) is 8.49. The lowest BCUT2D eigenvalue weighted by atomic mass is 9.99. The summed E-state index contributed by atoms with van der Waals surface area (Å²) in [5, 5.41) is 12.1. The maximum absolute atomic E-state index is 13.6. The van der Waals surface area contributed by atoms with Gasteiger partial charge in [0.15, 0.2) is 5.15 Å². The summed E-state index contributed by atoms with van der Waals surface area (Å²) in [6.45, 7) is 4.04. The van der Waals surface area contributed by atoms with E-state index in [1.54, 1.807) is 29.1 Å². The van der Waals surface area contributed by atoms with E-state index in [1.807, 2.05) is 16.8 Å². The van der Waals surface area contributed by atoms with Crippen molar-refractivity contribution in [2.45, 2.75) is 31.2 Å². The molecule has 2 N–H and O–H groups in total. The van der Waals surface area contributed by atoms with Crippen molar-refractivity contribution in [2.75, 3.05) is 5.32 Å². The first kappa shape index (κ1) is 23.7. The topological polar surface area (TPSA) is 106 Å². The van der Waals surface area contributed by atoms with Crippen molar-refractivity contribution < 1.29 is 0 Å². The number of nitrogens with one attached hydrogen (secondary N) is 2. The van der Waals surface area contributed by atoms with Gasteiger partial charge in [-0.25, -0.2) is 14.6 Å². The number of hydrogen-bond donors (Lipinski definition) is 2. The molecule has 2 aromatic carbocycles. The van der Waals surface area contributed by atoms with Gasteiger partial charge in [0, 0.05) is 39.5 Å². The molecule has 40 heavy (non-hydrogen) atoms. The van der Waals surface area contributed by atoms with Crippen LogP contribution in [0.2, 0.25) is 10.2 Å². The molecule has 8 rings (SSSR count). The van der Waals surface area contributed by atoms with Crippen LogP contribution in [0.3, 0.4) is 0 Å². The van der Waals surface area contributed by atoms with Crippen molar-refractivity contribution in [1.82, 2.24) is 34.5 Å². The molecule has 5 aromatic rings. The lowest BCUT2D eigenvalue weighted by Crippen LogP contribution is -2.27. The molecule has 0 radical (unpaired) electrons. The molecule has 1 saturated carbocycles. The van der Waals surface area contributed by atoms with Gasteiger partial charge in [-0.15, -0.1) is 5.10 Å². The Morgan fingerprint density at radius 1 is 1.07 bits per heavy atom. The number of imidazole rings is 1. The minimum absolute atomic E-state index is 0.115. The van der Waals surface area contributed by atoms with E-state index in [2.05, 4.69) is 45.4 Å². The van der Waals surface area contributed by atoms with Gasteiger partial charge in [0.25, 0.3) is 5.56 Å². The Morgan fingerprint density at radius 2 is 1.98 bits per heavy atom. The zero-order valence-corrected chi connectivity index (χ0v) is 22.6. The highest BCUT2D eigenvalue weighted by Crippen LogP contribution is 2.60. The van der Waals surface area contributed by atoms with Crippen LogP contribution < -0.4 is 10.9 Å². The molecule has 11 heteroatoms. The normalized spacial score (nSPS) is 20.6. The summed E-state index contributed by atoms with van der Waals surface area (Å²) in [6.07, 6.45) is 6.30. The van der Waals surface area contributed by atoms with Gasteiger partial charge in [-0.05, 0) is 67.1 Å². The minimum atomic E-state index is -0.133. The van der Waals surface area contributed by atoms with E-state index in [9.17, 15) is 4.79 Å². The standard InChI is InChI=1S/C29H22Cl2N8O/c1-14-2-3-15-8-16(4-6-21(15)33-14)28-32-12-23(34-28)27-18-10-19(18)29-35-22(11-26(40)39(27)29)20-9-17(30)5-7-24(20)38-13-25(31)36-37-38/h4-9,11-13,18-19,27,33H,1-3,10H2,(H,32,34). The molecule has 9 nitrogen and oxygen atoms in total. The highest BCUT2D eigenvalue weighted by molar-refractivity contribution is 6.31. The first-order valence-corrected chi connectivity index (χ1v) is 13.8. The van der Waals surface area contributed by atoms with Gasteiger partial charge in [-0.1, -0.05) is 35.0 Å². The molecule has 3 aliphatic rings. The van der Waals surface area contributed by atoms with Crippen LogP contribution >= 0.6 is 23.2 Å². The number of fused-ring (bicyclic) bond motifs is 4. The fraction of sp³-hybridized carbons (Fsp3) is 0.207. The predicted molar refractivity (Wildman–Crippen MR) is 153 cm³/mol. The third kappa shape index (κ3) is 3.72. The number of hydrogen-bond acceptors (Lipinski definition) is 6. The highest BCUT2D eigenvalue weighted by atomic mass is 35.5. The Balaban J connectivity index is 1.17. The molecule has 0 saturated heterocycles. The second-order valence-electron chi connectivity index (χ2n) is 10.6. The van der Waals surface area contributed by atoms with Crippen molar-refractivity contribution in [2.24, 2.45) is 5.92 Å². The Morgan fingerprint density at radius 3 is 2.83 bits per heavy atom. The maximum atomic E-state index is 13.6. The molecular weight excluding hydrogens is 547 g/mol. The summed E-state index contributed by atoms with van der Waals surface area (Å²) >= 11 is 12.4. The Labute approximate surface area is 238 Å². The molecule has 1 fully saturated rings. The fourth-order valence-corrected chi connectivity index (χ4v) is 6.42. The van der Waals surface area contributed by atoms with E-state index in [4.69, 9.17) is 33.2 Å². The molecular formula is C29H22Cl2N8O. The number of anilines is 1. The third-order valence-electron chi connectivity index (χ3n) is 8.08. The zero-order valence-electron chi connectivity index (χ0n) is 21.1. The van der Waals surface area contributed by atoms with E-state index in [0.717, 1.165) is 53.6 Å². The fourth-order valence-electron chi connectivity index (χ4n) is 6.12. The van der Waals surface area contributed by atoms with Crippen molar-refractivity contribution in [1.29, 1.82) is 0 Å². The van der Waals surface area contributed by atoms with Crippen LogP contribution in [0.25, 0.3) is 28.3 Å². The van der Waals surface area contributed by atoms with E-state index < -0.39 is 0 Å². The number of H-pyrrole nitrogens is 1. The highest BCUT2D eigenvalue weighted by Gasteiger charge is 2.55. The number of aromatic amines is 1. The summed E-state index contributed by atoms with van der Waals surface area (Å²) in [4.78, 5) is 26.9. The summed E-state index contributed by atoms with van der Waals surface area (Å²) in [5.41, 5.74) is 7.12. The number of rotatable bonds is 4. The van der Waals surface area contributed by atoms with Crippen LogP contribution in [-0.2, 0) is 6.42 Å². The number of nitrogens with zero attached hydrogens (tertiary/aromatic N) is 6. The number of benzene rings is 2. The number of halogens is 2. The van der Waals surface area contributed by atoms with E-state index in [0.29, 0.717) is 27.9 Å². The van der Waals surface area contributed by atoms with Gasteiger partial charge in [0.05, 0.1) is 35.5 Å². The van der Waals surface area contributed by atoms with E-state index in [1.165, 1.54) is 5.56 Å².